The summed E-state index contributed by atoms with van der Waals surface area (Å²) in [5.41, 5.74) is 0.175. The Morgan fingerprint density at radius 2 is 2.12 bits per heavy atom. The highest BCUT2D eigenvalue weighted by molar-refractivity contribution is 7.11. The van der Waals surface area contributed by atoms with Crippen molar-refractivity contribution >= 4 is 28.3 Å². The summed E-state index contributed by atoms with van der Waals surface area (Å²) in [5, 5.41) is 9.08. The Kier molecular flexibility index (Phi) is 4.40. The summed E-state index contributed by atoms with van der Waals surface area (Å²) in [6.45, 7) is 8.88. The first-order valence-corrected chi connectivity index (χ1v) is 8.86. The number of thiazole rings is 1. The number of rotatable bonds is 5. The third-order valence-corrected chi connectivity index (χ3v) is 4.86. The smallest absolute Gasteiger partial charge is 0.263 e. The van der Waals surface area contributed by atoms with Gasteiger partial charge in [-0.05, 0) is 27.2 Å². The van der Waals surface area contributed by atoms with Crippen molar-refractivity contribution in [1.82, 2.24) is 24.7 Å². The second-order valence-electron chi connectivity index (χ2n) is 6.63. The number of anilines is 1. The van der Waals surface area contributed by atoms with Crippen molar-refractivity contribution in [3.05, 3.63) is 32.6 Å². The lowest BCUT2D eigenvalue weighted by Gasteiger charge is -2.19. The van der Waals surface area contributed by atoms with Crippen molar-refractivity contribution in [1.29, 1.82) is 0 Å². The fourth-order valence-electron chi connectivity index (χ4n) is 2.41. The summed E-state index contributed by atoms with van der Waals surface area (Å²) in [7, 11) is 0. The van der Waals surface area contributed by atoms with E-state index in [-0.39, 0.29) is 11.1 Å². The highest BCUT2D eigenvalue weighted by Crippen LogP contribution is 2.19. The number of nitrogens with one attached hydrogen (secondary N) is 2. The fourth-order valence-corrected chi connectivity index (χ4v) is 3.27. The van der Waals surface area contributed by atoms with Crippen LogP contribution in [-0.2, 0) is 18.4 Å². The standard InChI is InChI=1S/C16H22N6OS/c1-5-10-8-18-12(24-10)6-7-17-15-20-13-11(14(23)21-15)9-19-22(13)16(2,3)4/h8-9H,5-7H2,1-4H3,(H2,17,20,21,23). The highest BCUT2D eigenvalue weighted by Gasteiger charge is 2.19. The number of nitrogens with zero attached hydrogens (tertiary/aromatic N) is 4. The first-order valence-electron chi connectivity index (χ1n) is 8.04. The normalized spacial score (nSPS) is 12.0. The maximum absolute atomic E-state index is 12.2. The van der Waals surface area contributed by atoms with Gasteiger partial charge in [-0.3, -0.25) is 9.78 Å². The lowest BCUT2D eigenvalue weighted by atomic mass is 10.1. The third-order valence-electron chi connectivity index (χ3n) is 3.65. The van der Waals surface area contributed by atoms with Gasteiger partial charge in [0.1, 0.15) is 5.39 Å². The summed E-state index contributed by atoms with van der Waals surface area (Å²) < 4.78 is 1.77. The van der Waals surface area contributed by atoms with Crippen LogP contribution in [0.5, 0.6) is 0 Å². The molecule has 3 aromatic heterocycles. The number of aromatic nitrogens is 5. The topological polar surface area (TPSA) is 88.5 Å². The molecule has 0 fully saturated rings. The Labute approximate surface area is 144 Å². The fraction of sp³-hybridized carbons (Fsp3) is 0.500. The van der Waals surface area contributed by atoms with Gasteiger partial charge in [-0.2, -0.15) is 10.1 Å². The molecule has 7 nitrogen and oxygen atoms in total. The molecule has 3 heterocycles. The van der Waals surface area contributed by atoms with E-state index in [4.69, 9.17) is 0 Å². The Hall–Kier alpha value is -2.22. The molecule has 0 atom stereocenters. The molecule has 0 saturated heterocycles. The molecule has 0 unspecified atom stereocenters. The summed E-state index contributed by atoms with van der Waals surface area (Å²) in [6, 6.07) is 0. The number of aryl methyl sites for hydroxylation is 1. The second kappa shape index (κ2) is 6.35. The van der Waals surface area contributed by atoms with E-state index in [1.54, 1.807) is 22.2 Å². The van der Waals surface area contributed by atoms with Gasteiger partial charge in [0, 0.05) is 24.0 Å². The monoisotopic (exact) mass is 346 g/mol. The lowest BCUT2D eigenvalue weighted by Crippen LogP contribution is -2.24. The molecule has 2 N–H and O–H groups in total. The maximum atomic E-state index is 12.2. The zero-order chi connectivity index (χ0) is 17.3. The molecule has 3 aromatic rings. The predicted molar refractivity (Wildman–Crippen MR) is 96.8 cm³/mol. The zero-order valence-corrected chi connectivity index (χ0v) is 15.2. The van der Waals surface area contributed by atoms with Crippen LogP contribution in [0.2, 0.25) is 0 Å². The Morgan fingerprint density at radius 3 is 2.79 bits per heavy atom. The number of hydrogen-bond acceptors (Lipinski definition) is 6. The molecule has 0 radical (unpaired) electrons. The number of hydrogen-bond donors (Lipinski definition) is 2. The van der Waals surface area contributed by atoms with Crippen molar-refractivity contribution in [2.45, 2.75) is 46.1 Å². The molecule has 0 spiro atoms. The Bertz CT molecular complexity index is 901. The van der Waals surface area contributed by atoms with Gasteiger partial charge in [0.25, 0.3) is 5.56 Å². The van der Waals surface area contributed by atoms with Crippen LogP contribution in [0.1, 0.15) is 37.6 Å². The molecule has 3 rings (SSSR count). The van der Waals surface area contributed by atoms with Crippen LogP contribution in [0.25, 0.3) is 11.0 Å². The van der Waals surface area contributed by atoms with Crippen LogP contribution in [-0.4, -0.2) is 31.3 Å². The Balaban J connectivity index is 1.78. The first kappa shape index (κ1) is 16.6. The van der Waals surface area contributed by atoms with Crippen molar-refractivity contribution in [2.75, 3.05) is 11.9 Å². The minimum Gasteiger partial charge on any atom is -0.355 e. The SMILES string of the molecule is CCc1cnc(CCNc2nc3c(cnn3C(C)(C)C)c(=O)[nH]2)s1. The van der Waals surface area contributed by atoms with E-state index in [9.17, 15) is 4.79 Å². The minimum atomic E-state index is -0.239. The summed E-state index contributed by atoms with van der Waals surface area (Å²) in [5.74, 6) is 0.464. The van der Waals surface area contributed by atoms with Crippen molar-refractivity contribution in [3.63, 3.8) is 0 Å². The summed E-state index contributed by atoms with van der Waals surface area (Å²) in [6.07, 6.45) is 5.30. The molecule has 0 amide bonds. The second-order valence-corrected chi connectivity index (χ2v) is 7.83. The van der Waals surface area contributed by atoms with Crippen LogP contribution in [0.15, 0.2) is 17.2 Å². The lowest BCUT2D eigenvalue weighted by molar-refractivity contribution is 0.366. The molecule has 0 aliphatic rings. The average molecular weight is 346 g/mol. The minimum absolute atomic E-state index is 0.180. The molecule has 0 aliphatic carbocycles. The van der Waals surface area contributed by atoms with E-state index in [1.807, 2.05) is 27.0 Å². The third kappa shape index (κ3) is 3.33. The van der Waals surface area contributed by atoms with Gasteiger partial charge in [0.15, 0.2) is 5.65 Å². The number of H-pyrrole nitrogens is 1. The molecule has 0 aliphatic heterocycles. The molecule has 128 valence electrons. The molecule has 0 saturated carbocycles. The first-order chi connectivity index (χ1) is 11.4. The van der Waals surface area contributed by atoms with E-state index in [0.29, 0.717) is 23.5 Å². The summed E-state index contributed by atoms with van der Waals surface area (Å²) in [4.78, 5) is 25.2. The molecule has 8 heteroatoms. The molecular weight excluding hydrogens is 324 g/mol. The van der Waals surface area contributed by atoms with Crippen molar-refractivity contribution in [2.24, 2.45) is 0 Å². The summed E-state index contributed by atoms with van der Waals surface area (Å²) >= 11 is 1.72. The van der Waals surface area contributed by atoms with Gasteiger partial charge in [-0.1, -0.05) is 6.92 Å². The van der Waals surface area contributed by atoms with Crippen LogP contribution in [0.4, 0.5) is 5.95 Å². The van der Waals surface area contributed by atoms with Crippen LogP contribution < -0.4 is 10.9 Å². The highest BCUT2D eigenvalue weighted by atomic mass is 32.1. The quantitative estimate of drug-likeness (QED) is 0.741. The van der Waals surface area contributed by atoms with Crippen molar-refractivity contribution < 1.29 is 0 Å². The van der Waals surface area contributed by atoms with Gasteiger partial charge in [0.2, 0.25) is 5.95 Å². The van der Waals surface area contributed by atoms with E-state index in [2.05, 4.69) is 32.3 Å². The van der Waals surface area contributed by atoms with Gasteiger partial charge in [-0.15, -0.1) is 11.3 Å². The Morgan fingerprint density at radius 1 is 1.33 bits per heavy atom. The van der Waals surface area contributed by atoms with E-state index in [1.165, 1.54) is 4.88 Å². The van der Waals surface area contributed by atoms with Crippen LogP contribution in [0.3, 0.4) is 0 Å². The molecular formula is C16H22N6OS. The van der Waals surface area contributed by atoms with E-state index >= 15 is 0 Å². The van der Waals surface area contributed by atoms with Crippen molar-refractivity contribution in [3.8, 4) is 0 Å². The van der Waals surface area contributed by atoms with E-state index < -0.39 is 0 Å². The van der Waals surface area contributed by atoms with Crippen LogP contribution >= 0.6 is 11.3 Å². The van der Waals surface area contributed by atoms with Gasteiger partial charge in [0.05, 0.1) is 16.7 Å². The zero-order valence-electron chi connectivity index (χ0n) is 14.4. The largest absolute Gasteiger partial charge is 0.355 e. The van der Waals surface area contributed by atoms with Crippen LogP contribution in [0, 0.1) is 0 Å². The molecule has 0 bridgehead atoms. The average Bonchev–Trinajstić information content (AvgIpc) is 3.13. The number of fused-ring (bicyclic) bond motifs is 1. The molecule has 0 aromatic carbocycles. The maximum Gasteiger partial charge on any atom is 0.263 e. The number of aromatic amines is 1. The van der Waals surface area contributed by atoms with Gasteiger partial charge < -0.3 is 5.32 Å². The van der Waals surface area contributed by atoms with Gasteiger partial charge >= 0.3 is 0 Å². The van der Waals surface area contributed by atoms with Gasteiger partial charge in [-0.25, -0.2) is 9.67 Å². The predicted octanol–water partition coefficient (Wildman–Crippen LogP) is 2.55. The van der Waals surface area contributed by atoms with E-state index in [0.717, 1.165) is 17.8 Å². The molecule has 24 heavy (non-hydrogen) atoms.